The summed E-state index contributed by atoms with van der Waals surface area (Å²) in [5, 5.41) is 18.5. The third-order valence-corrected chi connectivity index (χ3v) is 3.87. The number of nitrogens with zero attached hydrogens (tertiary/aromatic N) is 1. The average Bonchev–Trinajstić information content (AvgIpc) is 2.55. The zero-order valence-corrected chi connectivity index (χ0v) is 13.0. The maximum absolute atomic E-state index is 11.9. The standard InChI is InChI=1S/C15H12N4O4S/c16-9-10-3-1-2-4-13(10)19-15(21)14(20)18-11-5-7-12(8-6-11)24(17,22)23/h1-8H,(H,18,20)(H,19,21)(H2,17,22,23). The van der Waals surface area contributed by atoms with E-state index < -0.39 is 21.8 Å². The molecule has 2 aromatic carbocycles. The van der Waals surface area contributed by atoms with E-state index in [1.807, 2.05) is 6.07 Å². The molecule has 0 aromatic heterocycles. The van der Waals surface area contributed by atoms with Crippen molar-refractivity contribution in [3.8, 4) is 6.07 Å². The minimum atomic E-state index is -3.84. The quantitative estimate of drug-likeness (QED) is 0.705. The van der Waals surface area contributed by atoms with Crippen molar-refractivity contribution >= 4 is 33.2 Å². The van der Waals surface area contributed by atoms with Crippen LogP contribution in [0.1, 0.15) is 5.56 Å². The zero-order chi connectivity index (χ0) is 17.7. The molecular weight excluding hydrogens is 332 g/mol. The van der Waals surface area contributed by atoms with E-state index in [1.54, 1.807) is 12.1 Å². The van der Waals surface area contributed by atoms with E-state index in [4.69, 9.17) is 10.4 Å². The number of carbonyl (C=O) groups excluding carboxylic acids is 2. The Labute approximate surface area is 137 Å². The summed E-state index contributed by atoms with van der Waals surface area (Å²) in [5.41, 5.74) is 0.650. The van der Waals surface area contributed by atoms with Crippen LogP contribution in [0.3, 0.4) is 0 Å². The molecule has 9 heteroatoms. The lowest BCUT2D eigenvalue weighted by molar-refractivity contribution is -0.133. The first-order valence-corrected chi connectivity index (χ1v) is 8.10. The van der Waals surface area contributed by atoms with Crippen LogP contribution in [0.5, 0.6) is 0 Å². The van der Waals surface area contributed by atoms with Gasteiger partial charge in [-0.3, -0.25) is 9.59 Å². The van der Waals surface area contributed by atoms with E-state index in [0.717, 1.165) is 0 Å². The first-order valence-electron chi connectivity index (χ1n) is 6.55. The summed E-state index contributed by atoms with van der Waals surface area (Å²) in [6, 6.07) is 13.1. The van der Waals surface area contributed by atoms with Gasteiger partial charge in [-0.2, -0.15) is 5.26 Å². The average molecular weight is 344 g/mol. The first-order chi connectivity index (χ1) is 11.3. The zero-order valence-electron chi connectivity index (χ0n) is 12.2. The number of benzene rings is 2. The molecule has 0 heterocycles. The smallest absolute Gasteiger partial charge is 0.314 e. The lowest BCUT2D eigenvalue weighted by Crippen LogP contribution is -2.29. The molecule has 0 aliphatic carbocycles. The SMILES string of the molecule is N#Cc1ccccc1NC(=O)C(=O)Nc1ccc(S(N)(=O)=O)cc1. The molecule has 0 atom stereocenters. The highest BCUT2D eigenvalue weighted by molar-refractivity contribution is 7.89. The van der Waals surface area contributed by atoms with Crippen molar-refractivity contribution in [2.45, 2.75) is 4.90 Å². The van der Waals surface area contributed by atoms with Crippen LogP contribution in [0.15, 0.2) is 53.4 Å². The van der Waals surface area contributed by atoms with Crippen LogP contribution < -0.4 is 15.8 Å². The molecule has 0 spiro atoms. The Hall–Kier alpha value is -3.22. The molecule has 2 rings (SSSR count). The van der Waals surface area contributed by atoms with Crippen LogP contribution in [0.2, 0.25) is 0 Å². The molecule has 122 valence electrons. The van der Waals surface area contributed by atoms with Gasteiger partial charge in [-0.25, -0.2) is 13.6 Å². The van der Waals surface area contributed by atoms with Crippen molar-refractivity contribution in [1.82, 2.24) is 0 Å². The Balaban J connectivity index is 2.07. The molecule has 0 bridgehead atoms. The number of nitriles is 1. The van der Waals surface area contributed by atoms with Gasteiger partial charge in [0.2, 0.25) is 10.0 Å². The number of nitrogens with one attached hydrogen (secondary N) is 2. The van der Waals surface area contributed by atoms with Crippen LogP contribution in [0, 0.1) is 11.3 Å². The molecule has 0 saturated heterocycles. The van der Waals surface area contributed by atoms with Gasteiger partial charge in [0.05, 0.1) is 16.1 Å². The summed E-state index contributed by atoms with van der Waals surface area (Å²) in [6.07, 6.45) is 0. The van der Waals surface area contributed by atoms with Crippen molar-refractivity contribution in [2.75, 3.05) is 10.6 Å². The molecule has 0 unspecified atom stereocenters. The molecule has 0 fully saturated rings. The van der Waals surface area contributed by atoms with Gasteiger partial charge in [-0.15, -0.1) is 0 Å². The van der Waals surface area contributed by atoms with Crippen LogP contribution in [-0.4, -0.2) is 20.2 Å². The second-order valence-electron chi connectivity index (χ2n) is 4.64. The van der Waals surface area contributed by atoms with Gasteiger partial charge in [-0.1, -0.05) is 12.1 Å². The van der Waals surface area contributed by atoms with Crippen LogP contribution in [-0.2, 0) is 19.6 Å². The highest BCUT2D eigenvalue weighted by Crippen LogP contribution is 2.15. The van der Waals surface area contributed by atoms with Gasteiger partial charge in [-0.05, 0) is 36.4 Å². The van der Waals surface area contributed by atoms with E-state index in [9.17, 15) is 18.0 Å². The fourth-order valence-corrected chi connectivity index (χ4v) is 2.30. The summed E-state index contributed by atoms with van der Waals surface area (Å²) in [5.74, 6) is -1.93. The Morgan fingerprint density at radius 1 is 0.958 bits per heavy atom. The first kappa shape index (κ1) is 17.1. The number of amides is 2. The van der Waals surface area contributed by atoms with E-state index in [1.165, 1.54) is 36.4 Å². The fourth-order valence-electron chi connectivity index (χ4n) is 1.78. The van der Waals surface area contributed by atoms with Gasteiger partial charge in [0.25, 0.3) is 0 Å². The van der Waals surface area contributed by atoms with Gasteiger partial charge < -0.3 is 10.6 Å². The van der Waals surface area contributed by atoms with Crippen molar-refractivity contribution < 1.29 is 18.0 Å². The van der Waals surface area contributed by atoms with Crippen molar-refractivity contribution in [1.29, 1.82) is 5.26 Å². The Bertz CT molecular complexity index is 931. The van der Waals surface area contributed by atoms with E-state index in [0.29, 0.717) is 0 Å². The lowest BCUT2D eigenvalue weighted by atomic mass is 10.2. The molecule has 0 radical (unpaired) electrons. The largest absolute Gasteiger partial charge is 0.318 e. The Morgan fingerprint density at radius 2 is 1.54 bits per heavy atom. The van der Waals surface area contributed by atoms with Gasteiger partial charge in [0.15, 0.2) is 0 Å². The lowest BCUT2D eigenvalue weighted by Gasteiger charge is -2.08. The molecule has 24 heavy (non-hydrogen) atoms. The number of hydrogen-bond donors (Lipinski definition) is 3. The second kappa shape index (κ2) is 6.91. The minimum absolute atomic E-state index is 0.118. The van der Waals surface area contributed by atoms with Crippen molar-refractivity contribution in [3.63, 3.8) is 0 Å². The molecular formula is C15H12N4O4S. The Kier molecular flexibility index (Phi) is 4.93. The second-order valence-corrected chi connectivity index (χ2v) is 6.20. The summed E-state index contributed by atoms with van der Waals surface area (Å²) in [6.45, 7) is 0. The number of anilines is 2. The highest BCUT2D eigenvalue weighted by Gasteiger charge is 2.16. The number of rotatable bonds is 3. The predicted octanol–water partition coefficient (Wildman–Crippen LogP) is 0.783. The number of carbonyl (C=O) groups is 2. The van der Waals surface area contributed by atoms with E-state index in [-0.39, 0.29) is 21.8 Å². The maximum Gasteiger partial charge on any atom is 0.314 e. The molecule has 8 nitrogen and oxygen atoms in total. The van der Waals surface area contributed by atoms with Gasteiger partial charge in [0.1, 0.15) is 6.07 Å². The van der Waals surface area contributed by atoms with Crippen LogP contribution >= 0.6 is 0 Å². The number of primary sulfonamides is 1. The molecule has 2 amide bonds. The molecule has 4 N–H and O–H groups in total. The van der Waals surface area contributed by atoms with Crippen LogP contribution in [0.25, 0.3) is 0 Å². The van der Waals surface area contributed by atoms with E-state index in [2.05, 4.69) is 10.6 Å². The molecule has 0 aliphatic rings. The fraction of sp³-hybridized carbons (Fsp3) is 0. The maximum atomic E-state index is 11.9. The monoisotopic (exact) mass is 344 g/mol. The topological polar surface area (TPSA) is 142 Å². The summed E-state index contributed by atoms with van der Waals surface area (Å²) < 4.78 is 22.3. The highest BCUT2D eigenvalue weighted by atomic mass is 32.2. The summed E-state index contributed by atoms with van der Waals surface area (Å²) in [4.78, 5) is 23.6. The van der Waals surface area contributed by atoms with Crippen molar-refractivity contribution in [3.05, 3.63) is 54.1 Å². The third-order valence-electron chi connectivity index (χ3n) is 2.94. The number of nitrogens with two attached hydrogens (primary N) is 1. The molecule has 2 aromatic rings. The van der Waals surface area contributed by atoms with Crippen molar-refractivity contribution in [2.24, 2.45) is 5.14 Å². The van der Waals surface area contributed by atoms with E-state index >= 15 is 0 Å². The summed E-state index contributed by atoms with van der Waals surface area (Å²) >= 11 is 0. The summed E-state index contributed by atoms with van der Waals surface area (Å²) in [7, 11) is -3.84. The van der Waals surface area contributed by atoms with Gasteiger partial charge >= 0.3 is 11.8 Å². The number of para-hydroxylation sites is 1. The molecule has 0 saturated carbocycles. The Morgan fingerprint density at radius 3 is 2.12 bits per heavy atom. The number of sulfonamides is 1. The predicted molar refractivity (Wildman–Crippen MR) is 86.2 cm³/mol. The third kappa shape index (κ3) is 4.16. The van der Waals surface area contributed by atoms with Gasteiger partial charge in [0, 0.05) is 5.69 Å². The normalized spacial score (nSPS) is 10.5. The van der Waals surface area contributed by atoms with Crippen LogP contribution in [0.4, 0.5) is 11.4 Å². The number of hydrogen-bond acceptors (Lipinski definition) is 5. The molecule has 0 aliphatic heterocycles. The minimum Gasteiger partial charge on any atom is -0.318 e.